The molecule has 1 aromatic carbocycles. The summed E-state index contributed by atoms with van der Waals surface area (Å²) in [7, 11) is 0. The standard InChI is InChI=1S/C17H15N7OS/c1-11-22-14-5-4-13(7-15(14)26-11)23-17(25)20-8-12-3-2-6-19-16(12)24-10-18-9-21-24/h2-7,9-10H,8H2,1H3,(H2,20,23,25). The minimum atomic E-state index is -0.293. The summed E-state index contributed by atoms with van der Waals surface area (Å²) in [4.78, 5) is 24.9. The van der Waals surface area contributed by atoms with Gasteiger partial charge in [0.25, 0.3) is 0 Å². The fourth-order valence-corrected chi connectivity index (χ4v) is 3.43. The summed E-state index contributed by atoms with van der Waals surface area (Å²) in [5.41, 5.74) is 2.49. The summed E-state index contributed by atoms with van der Waals surface area (Å²) >= 11 is 1.60. The van der Waals surface area contributed by atoms with E-state index in [1.165, 1.54) is 6.33 Å². The third kappa shape index (κ3) is 3.38. The highest BCUT2D eigenvalue weighted by atomic mass is 32.1. The molecule has 0 aliphatic rings. The number of benzene rings is 1. The Hall–Kier alpha value is -3.33. The monoisotopic (exact) mass is 365 g/mol. The second-order valence-corrected chi connectivity index (χ2v) is 6.78. The van der Waals surface area contributed by atoms with E-state index in [0.29, 0.717) is 12.4 Å². The minimum absolute atomic E-state index is 0.293. The van der Waals surface area contributed by atoms with E-state index < -0.39 is 0 Å². The summed E-state index contributed by atoms with van der Waals surface area (Å²) < 4.78 is 2.61. The third-order valence-corrected chi connectivity index (χ3v) is 4.63. The van der Waals surface area contributed by atoms with Crippen LogP contribution in [0.15, 0.2) is 49.2 Å². The average Bonchev–Trinajstić information content (AvgIpc) is 3.28. The molecule has 0 saturated heterocycles. The minimum Gasteiger partial charge on any atom is -0.334 e. The number of carbonyl (C=O) groups is 1. The number of amides is 2. The summed E-state index contributed by atoms with van der Waals surface area (Å²) in [6.07, 6.45) is 4.68. The van der Waals surface area contributed by atoms with Crippen molar-refractivity contribution in [3.05, 3.63) is 59.8 Å². The lowest BCUT2D eigenvalue weighted by molar-refractivity contribution is 0.251. The van der Waals surface area contributed by atoms with Crippen LogP contribution in [0.5, 0.6) is 0 Å². The predicted molar refractivity (Wildman–Crippen MR) is 99.4 cm³/mol. The highest BCUT2D eigenvalue weighted by Gasteiger charge is 2.09. The molecule has 0 atom stereocenters. The lowest BCUT2D eigenvalue weighted by Gasteiger charge is -2.10. The van der Waals surface area contributed by atoms with Gasteiger partial charge in [-0.2, -0.15) is 5.10 Å². The first kappa shape index (κ1) is 16.2. The van der Waals surface area contributed by atoms with Crippen LogP contribution in [0.1, 0.15) is 10.6 Å². The van der Waals surface area contributed by atoms with Gasteiger partial charge in [-0.05, 0) is 31.2 Å². The van der Waals surface area contributed by atoms with Gasteiger partial charge in [0.15, 0.2) is 5.82 Å². The zero-order chi connectivity index (χ0) is 17.9. The van der Waals surface area contributed by atoms with Crippen LogP contribution in [0.2, 0.25) is 0 Å². The van der Waals surface area contributed by atoms with Gasteiger partial charge in [-0.3, -0.25) is 0 Å². The van der Waals surface area contributed by atoms with Crippen LogP contribution in [-0.2, 0) is 6.54 Å². The average molecular weight is 365 g/mol. The van der Waals surface area contributed by atoms with Gasteiger partial charge in [-0.15, -0.1) is 11.3 Å². The van der Waals surface area contributed by atoms with Crippen molar-refractivity contribution in [1.82, 2.24) is 30.0 Å². The van der Waals surface area contributed by atoms with Crippen molar-refractivity contribution in [3.63, 3.8) is 0 Å². The number of rotatable bonds is 4. The molecule has 4 rings (SSSR count). The zero-order valence-electron chi connectivity index (χ0n) is 13.9. The van der Waals surface area contributed by atoms with E-state index in [9.17, 15) is 4.79 Å². The molecule has 130 valence electrons. The smallest absolute Gasteiger partial charge is 0.319 e. The lowest BCUT2D eigenvalue weighted by Crippen LogP contribution is -2.28. The molecule has 0 fully saturated rings. The Kier molecular flexibility index (Phi) is 4.28. The number of thiazole rings is 1. The molecule has 0 aliphatic heterocycles. The van der Waals surface area contributed by atoms with Gasteiger partial charge in [0.2, 0.25) is 0 Å². The van der Waals surface area contributed by atoms with Crippen molar-refractivity contribution >= 4 is 33.3 Å². The van der Waals surface area contributed by atoms with Gasteiger partial charge in [0, 0.05) is 24.0 Å². The van der Waals surface area contributed by atoms with Crippen molar-refractivity contribution < 1.29 is 4.79 Å². The number of pyridine rings is 1. The molecule has 3 heterocycles. The van der Waals surface area contributed by atoms with Crippen molar-refractivity contribution in [1.29, 1.82) is 0 Å². The number of fused-ring (bicyclic) bond motifs is 1. The first-order valence-corrected chi connectivity index (χ1v) is 8.71. The van der Waals surface area contributed by atoms with E-state index >= 15 is 0 Å². The fourth-order valence-electron chi connectivity index (χ4n) is 2.56. The molecule has 0 bridgehead atoms. The number of hydrogen-bond acceptors (Lipinski definition) is 6. The number of nitrogens with one attached hydrogen (secondary N) is 2. The summed E-state index contributed by atoms with van der Waals surface area (Å²) in [6.45, 7) is 2.28. The van der Waals surface area contributed by atoms with Crippen LogP contribution in [-0.4, -0.2) is 30.8 Å². The van der Waals surface area contributed by atoms with E-state index in [2.05, 4.69) is 30.7 Å². The second kappa shape index (κ2) is 6.89. The second-order valence-electron chi connectivity index (χ2n) is 5.55. The molecule has 4 aromatic rings. The Morgan fingerprint density at radius 2 is 2.23 bits per heavy atom. The van der Waals surface area contributed by atoms with Crippen molar-refractivity contribution in [2.24, 2.45) is 0 Å². The molecule has 2 amide bonds. The molecular formula is C17H15N7OS. The van der Waals surface area contributed by atoms with Crippen molar-refractivity contribution in [2.45, 2.75) is 13.5 Å². The Morgan fingerprint density at radius 1 is 1.31 bits per heavy atom. The molecule has 26 heavy (non-hydrogen) atoms. The van der Waals surface area contributed by atoms with E-state index in [1.807, 2.05) is 37.3 Å². The van der Waals surface area contributed by atoms with Crippen LogP contribution >= 0.6 is 11.3 Å². The molecule has 9 heteroatoms. The Morgan fingerprint density at radius 3 is 3.08 bits per heavy atom. The van der Waals surface area contributed by atoms with E-state index in [4.69, 9.17) is 0 Å². The maximum atomic E-state index is 12.2. The van der Waals surface area contributed by atoms with E-state index in [-0.39, 0.29) is 6.03 Å². The van der Waals surface area contributed by atoms with Gasteiger partial charge in [0.05, 0.1) is 15.2 Å². The number of hydrogen-bond donors (Lipinski definition) is 2. The zero-order valence-corrected chi connectivity index (χ0v) is 14.7. The largest absolute Gasteiger partial charge is 0.334 e. The highest BCUT2D eigenvalue weighted by Crippen LogP contribution is 2.24. The summed E-state index contributed by atoms with van der Waals surface area (Å²) in [6, 6.07) is 9.07. The normalized spacial score (nSPS) is 10.8. The summed E-state index contributed by atoms with van der Waals surface area (Å²) in [5, 5.41) is 10.8. The molecular weight excluding hydrogens is 350 g/mol. The molecule has 0 saturated carbocycles. The van der Waals surface area contributed by atoms with Crippen molar-refractivity contribution in [2.75, 3.05) is 5.32 Å². The maximum absolute atomic E-state index is 12.2. The molecule has 2 N–H and O–H groups in total. The van der Waals surface area contributed by atoms with Crippen LogP contribution in [0.25, 0.3) is 16.0 Å². The highest BCUT2D eigenvalue weighted by molar-refractivity contribution is 7.18. The van der Waals surface area contributed by atoms with Gasteiger partial charge in [-0.25, -0.2) is 24.4 Å². The third-order valence-electron chi connectivity index (χ3n) is 3.70. The number of aromatic nitrogens is 5. The summed E-state index contributed by atoms with van der Waals surface area (Å²) in [5.74, 6) is 0.631. The molecule has 8 nitrogen and oxygen atoms in total. The first-order chi connectivity index (χ1) is 12.7. The van der Waals surface area contributed by atoms with Gasteiger partial charge < -0.3 is 10.6 Å². The van der Waals surface area contributed by atoms with E-state index in [1.54, 1.807) is 28.5 Å². The molecule has 3 aromatic heterocycles. The van der Waals surface area contributed by atoms with Gasteiger partial charge >= 0.3 is 6.03 Å². The number of urea groups is 1. The number of carbonyl (C=O) groups excluding carboxylic acids is 1. The SMILES string of the molecule is Cc1nc2ccc(NC(=O)NCc3cccnc3-n3cncn3)cc2s1. The van der Waals surface area contributed by atoms with Gasteiger partial charge in [-0.1, -0.05) is 6.07 Å². The fraction of sp³-hybridized carbons (Fsp3) is 0.118. The van der Waals surface area contributed by atoms with Crippen LogP contribution in [0.4, 0.5) is 10.5 Å². The van der Waals surface area contributed by atoms with Crippen LogP contribution < -0.4 is 10.6 Å². The Labute approximate surface area is 152 Å². The number of anilines is 1. The van der Waals surface area contributed by atoms with E-state index in [0.717, 1.165) is 26.5 Å². The Balaban J connectivity index is 1.44. The van der Waals surface area contributed by atoms with Crippen LogP contribution in [0, 0.1) is 6.92 Å². The predicted octanol–water partition coefficient (Wildman–Crippen LogP) is 2.90. The number of aryl methyl sites for hydroxylation is 1. The molecule has 0 unspecified atom stereocenters. The molecule has 0 spiro atoms. The van der Waals surface area contributed by atoms with Crippen LogP contribution in [0.3, 0.4) is 0 Å². The molecule has 0 radical (unpaired) electrons. The molecule has 0 aliphatic carbocycles. The van der Waals surface area contributed by atoms with Crippen molar-refractivity contribution in [3.8, 4) is 5.82 Å². The number of nitrogens with zero attached hydrogens (tertiary/aromatic N) is 5. The Bertz CT molecular complexity index is 1060. The van der Waals surface area contributed by atoms with Gasteiger partial charge in [0.1, 0.15) is 12.7 Å². The quantitative estimate of drug-likeness (QED) is 0.579. The lowest BCUT2D eigenvalue weighted by atomic mass is 10.2. The topological polar surface area (TPSA) is 97.6 Å². The maximum Gasteiger partial charge on any atom is 0.319 e. The first-order valence-electron chi connectivity index (χ1n) is 7.90.